The summed E-state index contributed by atoms with van der Waals surface area (Å²) in [7, 11) is -2.31. The number of methoxy groups -OCH3 is 1. The molecule has 1 atom stereocenters. The van der Waals surface area contributed by atoms with Crippen molar-refractivity contribution in [2.24, 2.45) is 0 Å². The van der Waals surface area contributed by atoms with Crippen molar-refractivity contribution in [2.45, 2.75) is 51.2 Å². The van der Waals surface area contributed by atoms with Gasteiger partial charge in [0.05, 0.1) is 19.1 Å². The fraction of sp³-hybridized carbons (Fsp3) is 0.440. The molecule has 2 aromatic rings. The second-order valence-electron chi connectivity index (χ2n) is 8.78. The lowest BCUT2D eigenvalue weighted by Crippen LogP contribution is -2.52. The summed E-state index contributed by atoms with van der Waals surface area (Å²) in [5, 5.41) is 3.01. The normalized spacial score (nSPS) is 14.9. The predicted molar refractivity (Wildman–Crippen MR) is 132 cm³/mol. The summed E-state index contributed by atoms with van der Waals surface area (Å²) in [6.45, 7) is 1.21. The van der Waals surface area contributed by atoms with E-state index in [2.05, 4.69) is 5.32 Å². The third kappa shape index (κ3) is 7.17. The Morgan fingerprint density at radius 3 is 2.23 bits per heavy atom. The van der Waals surface area contributed by atoms with E-state index in [9.17, 15) is 22.4 Å². The number of halogens is 1. The molecule has 8 nitrogen and oxygen atoms in total. The number of anilines is 1. The van der Waals surface area contributed by atoms with Gasteiger partial charge in [0, 0.05) is 12.6 Å². The van der Waals surface area contributed by atoms with E-state index in [1.54, 1.807) is 38.3 Å². The Morgan fingerprint density at radius 2 is 1.69 bits per heavy atom. The molecule has 1 N–H and O–H groups in total. The molecule has 0 saturated heterocycles. The van der Waals surface area contributed by atoms with E-state index in [0.717, 1.165) is 53.9 Å². The molecule has 0 spiro atoms. The zero-order valence-electron chi connectivity index (χ0n) is 20.2. The average Bonchev–Trinajstić information content (AvgIpc) is 3.34. The lowest BCUT2D eigenvalue weighted by atomic mass is 10.1. The Bertz CT molecular complexity index is 1120. The molecule has 10 heteroatoms. The van der Waals surface area contributed by atoms with E-state index in [0.29, 0.717) is 5.75 Å². The quantitative estimate of drug-likeness (QED) is 0.535. The van der Waals surface area contributed by atoms with Crippen LogP contribution in [0.25, 0.3) is 0 Å². The highest BCUT2D eigenvalue weighted by molar-refractivity contribution is 7.92. The maximum atomic E-state index is 13.5. The van der Waals surface area contributed by atoms with Crippen LogP contribution in [-0.4, -0.2) is 57.1 Å². The van der Waals surface area contributed by atoms with Crippen molar-refractivity contribution in [3.8, 4) is 5.75 Å². The number of carbonyl (C=O) groups excluding carboxylic acids is 2. The molecule has 1 aliphatic rings. The minimum Gasteiger partial charge on any atom is -0.497 e. The van der Waals surface area contributed by atoms with Crippen molar-refractivity contribution in [3.63, 3.8) is 0 Å². The van der Waals surface area contributed by atoms with Gasteiger partial charge in [0.1, 0.15) is 24.2 Å². The first kappa shape index (κ1) is 26.5. The first-order valence-electron chi connectivity index (χ1n) is 11.5. The number of ether oxygens (including phenoxy) is 1. The number of hydrogen-bond donors (Lipinski definition) is 1. The molecule has 35 heavy (non-hydrogen) atoms. The zero-order valence-corrected chi connectivity index (χ0v) is 21.1. The van der Waals surface area contributed by atoms with Crippen LogP contribution in [0.4, 0.5) is 10.1 Å². The van der Waals surface area contributed by atoms with Gasteiger partial charge in [-0.1, -0.05) is 25.0 Å². The molecule has 2 aromatic carbocycles. The fourth-order valence-electron chi connectivity index (χ4n) is 4.12. The Kier molecular flexibility index (Phi) is 8.71. The summed E-state index contributed by atoms with van der Waals surface area (Å²) < 4.78 is 44.5. The lowest BCUT2D eigenvalue weighted by molar-refractivity contribution is -0.139. The smallest absolute Gasteiger partial charge is 0.244 e. The van der Waals surface area contributed by atoms with E-state index >= 15 is 0 Å². The SMILES string of the molecule is COc1ccc(CN(C(=O)CN(c2ccc(F)cc2)S(C)(=O)=O)[C@@H](C)C(=O)NC2CCCC2)cc1. The molecule has 1 fully saturated rings. The van der Waals surface area contributed by atoms with Crippen LogP contribution in [0, 0.1) is 5.82 Å². The summed E-state index contributed by atoms with van der Waals surface area (Å²) in [5.74, 6) is -0.707. The van der Waals surface area contributed by atoms with Gasteiger partial charge in [0.2, 0.25) is 21.8 Å². The Morgan fingerprint density at radius 1 is 1.09 bits per heavy atom. The molecule has 1 saturated carbocycles. The number of sulfonamides is 1. The first-order chi connectivity index (χ1) is 16.6. The second kappa shape index (κ2) is 11.5. The van der Waals surface area contributed by atoms with Crippen molar-refractivity contribution < 1.29 is 27.1 Å². The van der Waals surface area contributed by atoms with Gasteiger partial charge in [-0.3, -0.25) is 13.9 Å². The predicted octanol–water partition coefficient (Wildman–Crippen LogP) is 3.08. The van der Waals surface area contributed by atoms with E-state index in [-0.39, 0.29) is 24.2 Å². The molecular weight excluding hydrogens is 473 g/mol. The Balaban J connectivity index is 1.86. The van der Waals surface area contributed by atoms with Crippen molar-refractivity contribution in [3.05, 3.63) is 59.9 Å². The molecule has 0 radical (unpaired) electrons. The van der Waals surface area contributed by atoms with Gasteiger partial charge in [-0.2, -0.15) is 0 Å². The van der Waals surface area contributed by atoms with Crippen LogP contribution >= 0.6 is 0 Å². The average molecular weight is 506 g/mol. The number of nitrogens with zero attached hydrogens (tertiary/aromatic N) is 2. The summed E-state index contributed by atoms with van der Waals surface area (Å²) >= 11 is 0. The molecule has 190 valence electrons. The number of amides is 2. The van der Waals surface area contributed by atoms with Crippen LogP contribution in [-0.2, 0) is 26.2 Å². The van der Waals surface area contributed by atoms with Gasteiger partial charge in [-0.15, -0.1) is 0 Å². The van der Waals surface area contributed by atoms with Gasteiger partial charge in [-0.05, 0) is 61.7 Å². The molecule has 0 unspecified atom stereocenters. The highest BCUT2D eigenvalue weighted by atomic mass is 32.2. The number of hydrogen-bond acceptors (Lipinski definition) is 5. The van der Waals surface area contributed by atoms with Gasteiger partial charge in [0.15, 0.2) is 0 Å². The first-order valence-corrected chi connectivity index (χ1v) is 13.4. The fourth-order valence-corrected chi connectivity index (χ4v) is 4.97. The molecule has 0 bridgehead atoms. The number of nitrogens with one attached hydrogen (secondary N) is 1. The Labute approximate surface area is 206 Å². The van der Waals surface area contributed by atoms with Crippen LogP contribution in [0.5, 0.6) is 5.75 Å². The van der Waals surface area contributed by atoms with E-state index in [1.165, 1.54) is 17.0 Å². The van der Waals surface area contributed by atoms with Gasteiger partial charge in [-0.25, -0.2) is 12.8 Å². The third-order valence-electron chi connectivity index (χ3n) is 6.17. The molecule has 1 aliphatic carbocycles. The molecule has 0 aliphatic heterocycles. The second-order valence-corrected chi connectivity index (χ2v) is 10.7. The molecule has 3 rings (SSSR count). The van der Waals surface area contributed by atoms with Crippen LogP contribution in [0.15, 0.2) is 48.5 Å². The molecule has 0 aromatic heterocycles. The van der Waals surface area contributed by atoms with E-state index in [1.807, 2.05) is 0 Å². The Hall–Kier alpha value is -3.14. The topological polar surface area (TPSA) is 96.0 Å². The molecular formula is C25H32FN3O5S. The maximum absolute atomic E-state index is 13.5. The van der Waals surface area contributed by atoms with Gasteiger partial charge in [0.25, 0.3) is 0 Å². The van der Waals surface area contributed by atoms with Crippen molar-refractivity contribution in [2.75, 3.05) is 24.2 Å². The van der Waals surface area contributed by atoms with Gasteiger partial charge >= 0.3 is 0 Å². The highest BCUT2D eigenvalue weighted by Gasteiger charge is 2.31. The lowest BCUT2D eigenvalue weighted by Gasteiger charge is -2.32. The van der Waals surface area contributed by atoms with E-state index in [4.69, 9.17) is 4.74 Å². The van der Waals surface area contributed by atoms with Crippen molar-refractivity contribution in [1.82, 2.24) is 10.2 Å². The summed E-state index contributed by atoms with van der Waals surface area (Å²) in [6.07, 6.45) is 4.88. The summed E-state index contributed by atoms with van der Waals surface area (Å²) in [6, 6.07) is 11.2. The van der Waals surface area contributed by atoms with Crippen LogP contribution in [0.3, 0.4) is 0 Å². The highest BCUT2D eigenvalue weighted by Crippen LogP contribution is 2.21. The van der Waals surface area contributed by atoms with Crippen LogP contribution < -0.4 is 14.4 Å². The standard InChI is InChI=1S/C25H32FN3O5S/c1-18(25(31)27-21-6-4-5-7-21)28(16-19-8-14-23(34-2)15-9-19)24(30)17-29(35(3,32)33)22-12-10-20(26)11-13-22/h8-15,18,21H,4-7,16-17H2,1-3H3,(H,27,31)/t18-/m0/s1. The van der Waals surface area contributed by atoms with Crippen molar-refractivity contribution in [1.29, 1.82) is 0 Å². The minimum atomic E-state index is -3.86. The zero-order chi connectivity index (χ0) is 25.6. The van der Waals surface area contributed by atoms with Gasteiger partial charge < -0.3 is 15.0 Å². The molecule has 0 heterocycles. The number of benzene rings is 2. The summed E-state index contributed by atoms with van der Waals surface area (Å²) in [5.41, 5.74) is 0.919. The monoisotopic (exact) mass is 505 g/mol. The third-order valence-corrected chi connectivity index (χ3v) is 7.32. The van der Waals surface area contributed by atoms with E-state index < -0.39 is 34.3 Å². The van der Waals surface area contributed by atoms with Crippen LogP contribution in [0.2, 0.25) is 0 Å². The maximum Gasteiger partial charge on any atom is 0.244 e. The molecule has 2 amide bonds. The van der Waals surface area contributed by atoms with Crippen LogP contribution in [0.1, 0.15) is 38.2 Å². The number of rotatable bonds is 10. The largest absolute Gasteiger partial charge is 0.497 e. The number of carbonyl (C=O) groups is 2. The summed E-state index contributed by atoms with van der Waals surface area (Å²) in [4.78, 5) is 27.9. The van der Waals surface area contributed by atoms with Crippen molar-refractivity contribution >= 4 is 27.5 Å². The minimum absolute atomic E-state index is 0.0784.